The third-order valence-electron chi connectivity index (χ3n) is 2.93. The zero-order valence-electron chi connectivity index (χ0n) is 11.4. The molecule has 2 aromatic carbocycles. The van der Waals surface area contributed by atoms with Gasteiger partial charge in [-0.3, -0.25) is 4.79 Å². The minimum atomic E-state index is -0.109. The highest BCUT2D eigenvalue weighted by molar-refractivity contribution is 14.1. The molecule has 0 atom stereocenters. The third-order valence-corrected chi connectivity index (χ3v) is 4.09. The van der Waals surface area contributed by atoms with Crippen LogP contribution in [-0.4, -0.2) is 13.0 Å². The summed E-state index contributed by atoms with van der Waals surface area (Å²) in [6, 6.07) is 13.3. The van der Waals surface area contributed by atoms with Crippen molar-refractivity contribution in [3.8, 4) is 0 Å². The van der Waals surface area contributed by atoms with E-state index in [0.29, 0.717) is 12.2 Å². The minimum absolute atomic E-state index is 0.109. The van der Waals surface area contributed by atoms with E-state index in [9.17, 15) is 4.79 Å². The number of anilines is 1. The first-order chi connectivity index (χ1) is 9.60. The molecule has 2 rings (SSSR count). The maximum atomic E-state index is 12.2. The number of halogens is 1. The van der Waals surface area contributed by atoms with Crippen molar-refractivity contribution >= 4 is 34.2 Å². The summed E-state index contributed by atoms with van der Waals surface area (Å²) in [6.07, 6.45) is 0. The Morgan fingerprint density at radius 3 is 2.75 bits per heavy atom. The van der Waals surface area contributed by atoms with Crippen LogP contribution >= 0.6 is 22.6 Å². The normalized spacial score (nSPS) is 10.3. The molecule has 3 nitrogen and oxygen atoms in total. The van der Waals surface area contributed by atoms with Crippen molar-refractivity contribution in [1.29, 1.82) is 0 Å². The smallest absolute Gasteiger partial charge is 0.255 e. The summed E-state index contributed by atoms with van der Waals surface area (Å²) in [5.74, 6) is -0.109. The Hall–Kier alpha value is -1.40. The SMILES string of the molecule is COCc1cccc(C(=O)Nc2ccc(C)c(I)c2)c1. The van der Waals surface area contributed by atoms with Crippen LogP contribution in [0.4, 0.5) is 5.69 Å². The van der Waals surface area contributed by atoms with Crippen LogP contribution in [0, 0.1) is 10.5 Å². The summed E-state index contributed by atoms with van der Waals surface area (Å²) in [4.78, 5) is 12.2. The van der Waals surface area contributed by atoms with Crippen molar-refractivity contribution in [2.75, 3.05) is 12.4 Å². The molecule has 0 saturated carbocycles. The standard InChI is InChI=1S/C16H16INO2/c1-11-6-7-14(9-15(11)17)18-16(19)13-5-3-4-12(8-13)10-20-2/h3-9H,10H2,1-2H3,(H,18,19). The number of hydrogen-bond donors (Lipinski definition) is 1. The van der Waals surface area contributed by atoms with Gasteiger partial charge in [0.2, 0.25) is 0 Å². The first kappa shape index (κ1) is 15.0. The lowest BCUT2D eigenvalue weighted by molar-refractivity contribution is 0.102. The molecule has 0 aliphatic rings. The molecule has 2 aromatic rings. The van der Waals surface area contributed by atoms with Gasteiger partial charge in [-0.1, -0.05) is 18.2 Å². The van der Waals surface area contributed by atoms with Crippen molar-refractivity contribution in [3.63, 3.8) is 0 Å². The number of methoxy groups -OCH3 is 1. The number of benzene rings is 2. The van der Waals surface area contributed by atoms with Gasteiger partial charge in [0.1, 0.15) is 0 Å². The lowest BCUT2D eigenvalue weighted by Crippen LogP contribution is -2.12. The van der Waals surface area contributed by atoms with Gasteiger partial charge in [0.25, 0.3) is 5.91 Å². The van der Waals surface area contributed by atoms with E-state index in [2.05, 4.69) is 27.9 Å². The van der Waals surface area contributed by atoms with Crippen LogP contribution < -0.4 is 5.32 Å². The van der Waals surface area contributed by atoms with Crippen molar-refractivity contribution in [2.45, 2.75) is 13.5 Å². The van der Waals surface area contributed by atoms with Gasteiger partial charge in [0, 0.05) is 21.9 Å². The molecule has 0 aliphatic heterocycles. The third kappa shape index (κ3) is 3.80. The zero-order chi connectivity index (χ0) is 14.5. The Kier molecular flexibility index (Phi) is 5.14. The largest absolute Gasteiger partial charge is 0.380 e. The Morgan fingerprint density at radius 1 is 1.25 bits per heavy atom. The van der Waals surface area contributed by atoms with E-state index >= 15 is 0 Å². The molecule has 20 heavy (non-hydrogen) atoms. The van der Waals surface area contributed by atoms with E-state index in [1.165, 1.54) is 5.56 Å². The molecule has 0 saturated heterocycles. The van der Waals surface area contributed by atoms with E-state index in [-0.39, 0.29) is 5.91 Å². The summed E-state index contributed by atoms with van der Waals surface area (Å²) in [5, 5.41) is 2.91. The van der Waals surface area contributed by atoms with Crippen LogP contribution in [0.3, 0.4) is 0 Å². The molecular formula is C16H16INO2. The lowest BCUT2D eigenvalue weighted by atomic mass is 10.1. The molecule has 0 fully saturated rings. The Balaban J connectivity index is 2.15. The summed E-state index contributed by atoms with van der Waals surface area (Å²) >= 11 is 2.26. The van der Waals surface area contributed by atoms with E-state index in [0.717, 1.165) is 14.8 Å². The Bertz CT molecular complexity index is 626. The van der Waals surface area contributed by atoms with Crippen LogP contribution in [0.25, 0.3) is 0 Å². The quantitative estimate of drug-likeness (QED) is 0.814. The van der Waals surface area contributed by atoms with Gasteiger partial charge in [0.05, 0.1) is 6.61 Å². The predicted octanol–water partition coefficient (Wildman–Crippen LogP) is 4.00. The molecule has 0 spiro atoms. The fraction of sp³-hybridized carbons (Fsp3) is 0.188. The first-order valence-electron chi connectivity index (χ1n) is 6.25. The fourth-order valence-electron chi connectivity index (χ4n) is 1.84. The molecule has 1 amide bonds. The second-order valence-electron chi connectivity index (χ2n) is 4.55. The number of rotatable bonds is 4. The van der Waals surface area contributed by atoms with Gasteiger partial charge in [-0.25, -0.2) is 0 Å². The summed E-state index contributed by atoms with van der Waals surface area (Å²) < 4.78 is 6.21. The first-order valence-corrected chi connectivity index (χ1v) is 7.33. The number of nitrogens with one attached hydrogen (secondary N) is 1. The number of carbonyl (C=O) groups excluding carboxylic acids is 1. The van der Waals surface area contributed by atoms with Crippen molar-refractivity contribution in [2.24, 2.45) is 0 Å². The van der Waals surface area contributed by atoms with Gasteiger partial charge in [-0.15, -0.1) is 0 Å². The molecule has 0 heterocycles. The number of aryl methyl sites for hydroxylation is 1. The number of hydrogen-bond acceptors (Lipinski definition) is 2. The van der Waals surface area contributed by atoms with Gasteiger partial charge < -0.3 is 10.1 Å². The molecule has 0 aliphatic carbocycles. The van der Waals surface area contributed by atoms with Gasteiger partial charge >= 0.3 is 0 Å². The Morgan fingerprint density at radius 2 is 2.05 bits per heavy atom. The van der Waals surface area contributed by atoms with E-state index in [1.807, 2.05) is 43.3 Å². The van der Waals surface area contributed by atoms with Crippen molar-refractivity contribution in [1.82, 2.24) is 0 Å². The highest BCUT2D eigenvalue weighted by Crippen LogP contribution is 2.18. The van der Waals surface area contributed by atoms with E-state index in [4.69, 9.17) is 4.74 Å². The predicted molar refractivity (Wildman–Crippen MR) is 89.0 cm³/mol. The maximum Gasteiger partial charge on any atom is 0.255 e. The topological polar surface area (TPSA) is 38.3 Å². The summed E-state index contributed by atoms with van der Waals surface area (Å²) in [5.41, 5.74) is 3.63. The molecule has 0 unspecified atom stereocenters. The molecule has 1 N–H and O–H groups in total. The summed E-state index contributed by atoms with van der Waals surface area (Å²) in [7, 11) is 1.64. The highest BCUT2D eigenvalue weighted by Gasteiger charge is 2.07. The molecule has 104 valence electrons. The maximum absolute atomic E-state index is 12.2. The molecule has 4 heteroatoms. The van der Waals surface area contributed by atoms with E-state index in [1.54, 1.807) is 13.2 Å². The van der Waals surface area contributed by atoms with Crippen molar-refractivity contribution in [3.05, 3.63) is 62.7 Å². The van der Waals surface area contributed by atoms with Crippen LogP contribution in [0.2, 0.25) is 0 Å². The van der Waals surface area contributed by atoms with Crippen LogP contribution in [-0.2, 0) is 11.3 Å². The summed E-state index contributed by atoms with van der Waals surface area (Å²) in [6.45, 7) is 2.55. The second kappa shape index (κ2) is 6.85. The second-order valence-corrected chi connectivity index (χ2v) is 5.71. The van der Waals surface area contributed by atoms with Crippen LogP contribution in [0.5, 0.6) is 0 Å². The average molecular weight is 381 g/mol. The molecular weight excluding hydrogens is 365 g/mol. The number of amides is 1. The number of ether oxygens (including phenoxy) is 1. The van der Waals surface area contributed by atoms with Crippen LogP contribution in [0.15, 0.2) is 42.5 Å². The highest BCUT2D eigenvalue weighted by atomic mass is 127. The van der Waals surface area contributed by atoms with Gasteiger partial charge in [0.15, 0.2) is 0 Å². The minimum Gasteiger partial charge on any atom is -0.380 e. The zero-order valence-corrected chi connectivity index (χ0v) is 13.6. The van der Waals surface area contributed by atoms with Gasteiger partial charge in [-0.05, 0) is 64.9 Å². The molecule has 0 aromatic heterocycles. The van der Waals surface area contributed by atoms with Crippen molar-refractivity contribution < 1.29 is 9.53 Å². The van der Waals surface area contributed by atoms with Crippen LogP contribution in [0.1, 0.15) is 21.5 Å². The lowest BCUT2D eigenvalue weighted by Gasteiger charge is -2.08. The average Bonchev–Trinajstić information content (AvgIpc) is 2.43. The van der Waals surface area contributed by atoms with E-state index < -0.39 is 0 Å². The molecule has 0 radical (unpaired) electrons. The monoisotopic (exact) mass is 381 g/mol. The number of carbonyl (C=O) groups is 1. The van der Waals surface area contributed by atoms with Gasteiger partial charge in [-0.2, -0.15) is 0 Å². The molecule has 0 bridgehead atoms. The fourth-order valence-corrected chi connectivity index (χ4v) is 2.36. The Labute approximate surface area is 132 Å².